The fourth-order valence-electron chi connectivity index (χ4n) is 2.99. The van der Waals surface area contributed by atoms with Gasteiger partial charge in [0.15, 0.2) is 0 Å². The zero-order valence-corrected chi connectivity index (χ0v) is 15.6. The van der Waals surface area contributed by atoms with Gasteiger partial charge >= 0.3 is 0 Å². The smallest absolute Gasteiger partial charge is 0.221 e. The molecule has 0 unspecified atom stereocenters. The van der Waals surface area contributed by atoms with Crippen LogP contribution in [0.3, 0.4) is 0 Å². The Labute approximate surface area is 150 Å². The highest BCUT2D eigenvalue weighted by Gasteiger charge is 2.05. The molecule has 0 aromatic heterocycles. The zero-order valence-electron chi connectivity index (χ0n) is 15.6. The highest BCUT2D eigenvalue weighted by molar-refractivity contribution is 5.76. The van der Waals surface area contributed by atoms with Gasteiger partial charge < -0.3 is 15.4 Å². The van der Waals surface area contributed by atoms with Crippen molar-refractivity contribution in [2.45, 2.75) is 33.6 Å². The summed E-state index contributed by atoms with van der Waals surface area (Å²) in [4.78, 5) is 12.0. The number of methoxy groups -OCH3 is 1. The first-order chi connectivity index (χ1) is 12.0. The maximum atomic E-state index is 12.0. The molecule has 2 aromatic rings. The highest BCUT2D eigenvalue weighted by Crippen LogP contribution is 2.21. The van der Waals surface area contributed by atoms with Gasteiger partial charge in [0.2, 0.25) is 5.91 Å². The molecule has 0 aliphatic carbocycles. The molecule has 2 aromatic carbocycles. The average molecular weight is 340 g/mol. The van der Waals surface area contributed by atoms with Crippen molar-refractivity contribution >= 4 is 11.6 Å². The molecule has 2 rings (SSSR count). The summed E-state index contributed by atoms with van der Waals surface area (Å²) >= 11 is 0. The predicted octanol–water partition coefficient (Wildman–Crippen LogP) is 3.78. The number of hydrogen-bond donors (Lipinski definition) is 2. The second kappa shape index (κ2) is 9.11. The number of hydrogen-bond acceptors (Lipinski definition) is 3. The van der Waals surface area contributed by atoms with Crippen molar-refractivity contribution < 1.29 is 9.53 Å². The standard InChI is InChI=1S/C21H28N2O2/c1-15-13-16(2)21(17(3)14-15)23-12-10-20(24)22-11-9-18-5-7-19(25-4)8-6-18/h5-8,13-14,23H,9-12H2,1-4H3,(H,22,24). The van der Waals surface area contributed by atoms with Crippen LogP contribution in [0.5, 0.6) is 5.75 Å². The van der Waals surface area contributed by atoms with Gasteiger partial charge in [-0.1, -0.05) is 29.8 Å². The van der Waals surface area contributed by atoms with Gasteiger partial charge in [-0.3, -0.25) is 4.79 Å². The number of ether oxygens (including phenoxy) is 1. The molecule has 0 atom stereocenters. The lowest BCUT2D eigenvalue weighted by molar-refractivity contribution is -0.120. The van der Waals surface area contributed by atoms with Gasteiger partial charge in [0, 0.05) is 25.2 Å². The number of benzene rings is 2. The number of aryl methyl sites for hydroxylation is 3. The molecule has 4 heteroatoms. The fraction of sp³-hybridized carbons (Fsp3) is 0.381. The van der Waals surface area contributed by atoms with Crippen LogP contribution in [-0.4, -0.2) is 26.1 Å². The molecule has 2 N–H and O–H groups in total. The summed E-state index contributed by atoms with van der Waals surface area (Å²) in [6.45, 7) is 7.57. The van der Waals surface area contributed by atoms with Crippen LogP contribution in [0.4, 0.5) is 5.69 Å². The van der Waals surface area contributed by atoms with Gasteiger partial charge in [0.1, 0.15) is 5.75 Å². The summed E-state index contributed by atoms with van der Waals surface area (Å²) in [7, 11) is 1.66. The van der Waals surface area contributed by atoms with Crippen molar-refractivity contribution in [3.05, 3.63) is 58.7 Å². The Bertz CT molecular complexity index is 685. The molecule has 0 heterocycles. The minimum absolute atomic E-state index is 0.0726. The van der Waals surface area contributed by atoms with Crippen LogP contribution in [0, 0.1) is 20.8 Å². The third-order valence-electron chi connectivity index (χ3n) is 4.23. The van der Waals surface area contributed by atoms with Gasteiger partial charge in [-0.15, -0.1) is 0 Å². The van der Waals surface area contributed by atoms with E-state index in [9.17, 15) is 4.79 Å². The van der Waals surface area contributed by atoms with E-state index in [1.807, 2.05) is 24.3 Å². The van der Waals surface area contributed by atoms with Crippen molar-refractivity contribution in [2.75, 3.05) is 25.5 Å². The highest BCUT2D eigenvalue weighted by atomic mass is 16.5. The first-order valence-corrected chi connectivity index (χ1v) is 8.71. The Morgan fingerprint density at radius 1 is 1.00 bits per heavy atom. The van der Waals surface area contributed by atoms with E-state index in [4.69, 9.17) is 4.74 Å². The van der Waals surface area contributed by atoms with E-state index < -0.39 is 0 Å². The lowest BCUT2D eigenvalue weighted by atomic mass is 10.1. The molecule has 0 radical (unpaired) electrons. The monoisotopic (exact) mass is 340 g/mol. The second-order valence-corrected chi connectivity index (χ2v) is 6.40. The van der Waals surface area contributed by atoms with Crippen LogP contribution >= 0.6 is 0 Å². The molecular formula is C21H28N2O2. The van der Waals surface area contributed by atoms with Crippen LogP contribution in [-0.2, 0) is 11.2 Å². The van der Waals surface area contributed by atoms with E-state index in [1.54, 1.807) is 7.11 Å². The predicted molar refractivity (Wildman–Crippen MR) is 103 cm³/mol. The van der Waals surface area contributed by atoms with Crippen molar-refractivity contribution in [1.82, 2.24) is 5.32 Å². The number of nitrogens with one attached hydrogen (secondary N) is 2. The van der Waals surface area contributed by atoms with E-state index in [-0.39, 0.29) is 5.91 Å². The van der Waals surface area contributed by atoms with Gasteiger partial charge in [-0.05, 0) is 56.0 Å². The average Bonchev–Trinajstić information content (AvgIpc) is 2.58. The lowest BCUT2D eigenvalue weighted by Crippen LogP contribution is -2.27. The van der Waals surface area contributed by atoms with Crippen LogP contribution in [0.2, 0.25) is 0 Å². The summed E-state index contributed by atoms with van der Waals surface area (Å²) in [6.07, 6.45) is 1.29. The van der Waals surface area contributed by atoms with E-state index in [1.165, 1.54) is 22.3 Å². The quantitative estimate of drug-likeness (QED) is 0.769. The molecular weight excluding hydrogens is 312 g/mol. The Hall–Kier alpha value is -2.49. The van der Waals surface area contributed by atoms with Crippen LogP contribution < -0.4 is 15.4 Å². The number of carbonyl (C=O) groups excluding carboxylic acids is 1. The minimum Gasteiger partial charge on any atom is -0.497 e. The Morgan fingerprint density at radius 3 is 2.24 bits per heavy atom. The van der Waals surface area contributed by atoms with Crippen molar-refractivity contribution in [2.24, 2.45) is 0 Å². The van der Waals surface area contributed by atoms with Crippen LogP contribution in [0.1, 0.15) is 28.7 Å². The molecule has 25 heavy (non-hydrogen) atoms. The first-order valence-electron chi connectivity index (χ1n) is 8.71. The topological polar surface area (TPSA) is 50.4 Å². The molecule has 4 nitrogen and oxygen atoms in total. The Morgan fingerprint density at radius 2 is 1.64 bits per heavy atom. The minimum atomic E-state index is 0.0726. The third kappa shape index (κ3) is 5.82. The largest absolute Gasteiger partial charge is 0.497 e. The van der Waals surface area contributed by atoms with Crippen molar-refractivity contribution in [1.29, 1.82) is 0 Å². The number of amides is 1. The summed E-state index contributed by atoms with van der Waals surface area (Å²) in [6, 6.07) is 12.2. The molecule has 0 aliphatic heterocycles. The molecule has 0 saturated carbocycles. The Balaban J connectivity index is 1.70. The molecule has 0 spiro atoms. The van der Waals surface area contributed by atoms with Gasteiger partial charge in [-0.25, -0.2) is 0 Å². The van der Waals surface area contributed by atoms with Gasteiger partial charge in [0.05, 0.1) is 7.11 Å². The summed E-state index contributed by atoms with van der Waals surface area (Å²) in [5.74, 6) is 0.920. The van der Waals surface area contributed by atoms with Crippen molar-refractivity contribution in [3.8, 4) is 5.75 Å². The summed E-state index contributed by atoms with van der Waals surface area (Å²) in [5, 5.41) is 6.36. The molecule has 1 amide bonds. The molecule has 134 valence electrons. The maximum Gasteiger partial charge on any atom is 0.221 e. The zero-order chi connectivity index (χ0) is 18.2. The Kier molecular flexibility index (Phi) is 6.87. The second-order valence-electron chi connectivity index (χ2n) is 6.40. The van der Waals surface area contributed by atoms with E-state index >= 15 is 0 Å². The molecule has 0 bridgehead atoms. The molecule has 0 fully saturated rings. The van der Waals surface area contributed by atoms with Crippen LogP contribution in [0.25, 0.3) is 0 Å². The number of rotatable bonds is 8. The van der Waals surface area contributed by atoms with Gasteiger partial charge in [-0.2, -0.15) is 0 Å². The number of carbonyl (C=O) groups is 1. The third-order valence-corrected chi connectivity index (χ3v) is 4.23. The maximum absolute atomic E-state index is 12.0. The van der Waals surface area contributed by atoms with E-state index in [0.717, 1.165) is 17.9 Å². The fourth-order valence-corrected chi connectivity index (χ4v) is 2.99. The van der Waals surface area contributed by atoms with E-state index in [2.05, 4.69) is 43.5 Å². The SMILES string of the molecule is COc1ccc(CCNC(=O)CCNc2c(C)cc(C)cc2C)cc1. The molecule has 0 saturated heterocycles. The van der Waals surface area contributed by atoms with Crippen LogP contribution in [0.15, 0.2) is 36.4 Å². The van der Waals surface area contributed by atoms with Gasteiger partial charge in [0.25, 0.3) is 0 Å². The van der Waals surface area contributed by atoms with E-state index in [0.29, 0.717) is 19.5 Å². The summed E-state index contributed by atoms with van der Waals surface area (Å²) in [5.41, 5.74) is 6.02. The normalized spacial score (nSPS) is 10.4. The van der Waals surface area contributed by atoms with Crippen molar-refractivity contribution in [3.63, 3.8) is 0 Å². The molecule has 0 aliphatic rings. The lowest BCUT2D eigenvalue weighted by Gasteiger charge is -2.14. The summed E-state index contributed by atoms with van der Waals surface area (Å²) < 4.78 is 5.14. The number of anilines is 1. The first kappa shape index (κ1) is 18.8.